The van der Waals surface area contributed by atoms with Crippen LogP contribution in [0.3, 0.4) is 0 Å². The molecule has 3 aromatic rings. The molecule has 0 spiro atoms. The Hall–Kier alpha value is -3.31. The maximum absolute atomic E-state index is 13.3. The van der Waals surface area contributed by atoms with Gasteiger partial charge in [-0.25, -0.2) is 0 Å². The molecule has 2 amide bonds. The molecule has 0 fully saturated rings. The summed E-state index contributed by atoms with van der Waals surface area (Å²) >= 11 is 1.34. The van der Waals surface area contributed by atoms with Crippen molar-refractivity contribution in [1.82, 2.24) is 5.32 Å². The number of nitrogens with zero attached hydrogens (tertiary/aromatic N) is 1. The minimum Gasteiger partial charge on any atom is -0.348 e. The SMILES string of the molecule is Cc1ccc(CNC(=O)/C=C2\Sc3ccccc3N(Cc3ccc(C)cc3)C2=O)cc1. The van der Waals surface area contributed by atoms with Gasteiger partial charge in [0, 0.05) is 17.5 Å². The molecule has 5 heteroatoms. The van der Waals surface area contributed by atoms with E-state index in [1.165, 1.54) is 29.0 Å². The second-order valence-corrected chi connectivity index (χ2v) is 8.74. The first-order valence-corrected chi connectivity index (χ1v) is 11.0. The minimum absolute atomic E-state index is 0.158. The van der Waals surface area contributed by atoms with E-state index >= 15 is 0 Å². The Morgan fingerprint density at radius 3 is 2.19 bits per heavy atom. The van der Waals surface area contributed by atoms with Crippen LogP contribution in [0.5, 0.6) is 0 Å². The number of benzene rings is 3. The highest BCUT2D eigenvalue weighted by atomic mass is 32.2. The number of aryl methyl sites for hydroxylation is 2. The number of amides is 2. The molecule has 4 nitrogen and oxygen atoms in total. The standard InChI is InChI=1S/C26H24N2O2S/c1-18-7-11-20(12-8-18)16-27-25(29)15-24-26(30)28(17-21-13-9-19(2)10-14-21)22-5-3-4-6-23(22)31-24/h3-15H,16-17H2,1-2H3,(H,27,29)/b24-15-. The summed E-state index contributed by atoms with van der Waals surface area (Å²) in [6.07, 6.45) is 1.42. The number of nitrogens with one attached hydrogen (secondary N) is 1. The minimum atomic E-state index is -0.272. The largest absolute Gasteiger partial charge is 0.348 e. The number of anilines is 1. The summed E-state index contributed by atoms with van der Waals surface area (Å²) in [6, 6.07) is 24.0. The van der Waals surface area contributed by atoms with Crippen molar-refractivity contribution in [1.29, 1.82) is 0 Å². The monoisotopic (exact) mass is 428 g/mol. The van der Waals surface area contributed by atoms with Crippen molar-refractivity contribution >= 4 is 29.3 Å². The zero-order valence-corrected chi connectivity index (χ0v) is 18.4. The molecule has 0 aliphatic carbocycles. The third-order valence-electron chi connectivity index (χ3n) is 5.14. The fraction of sp³-hybridized carbons (Fsp3) is 0.154. The molecule has 0 atom stereocenters. The molecular formula is C26H24N2O2S. The lowest BCUT2D eigenvalue weighted by atomic mass is 10.1. The second-order valence-electron chi connectivity index (χ2n) is 7.66. The molecule has 1 aliphatic rings. The van der Waals surface area contributed by atoms with E-state index in [1.54, 1.807) is 4.90 Å². The maximum Gasteiger partial charge on any atom is 0.265 e. The lowest BCUT2D eigenvalue weighted by Gasteiger charge is -2.30. The summed E-state index contributed by atoms with van der Waals surface area (Å²) in [6.45, 7) is 4.95. The van der Waals surface area contributed by atoms with Gasteiger partial charge in [0.25, 0.3) is 5.91 Å². The number of thioether (sulfide) groups is 1. The Kier molecular flexibility index (Phi) is 6.23. The third-order valence-corrected chi connectivity index (χ3v) is 6.22. The van der Waals surface area contributed by atoms with Gasteiger partial charge in [0.1, 0.15) is 0 Å². The topological polar surface area (TPSA) is 49.4 Å². The van der Waals surface area contributed by atoms with E-state index in [-0.39, 0.29) is 11.8 Å². The lowest BCUT2D eigenvalue weighted by molar-refractivity contribution is -0.118. The van der Waals surface area contributed by atoms with E-state index in [0.29, 0.717) is 18.0 Å². The molecule has 0 radical (unpaired) electrons. The number of hydrogen-bond donors (Lipinski definition) is 1. The van der Waals surface area contributed by atoms with Gasteiger partial charge in [-0.1, -0.05) is 83.6 Å². The summed E-state index contributed by atoms with van der Waals surface area (Å²) in [5.41, 5.74) is 5.29. The van der Waals surface area contributed by atoms with Gasteiger partial charge >= 0.3 is 0 Å². The van der Waals surface area contributed by atoms with Crippen molar-refractivity contribution in [2.75, 3.05) is 4.90 Å². The van der Waals surface area contributed by atoms with Crippen molar-refractivity contribution in [3.05, 3.63) is 106 Å². The average molecular weight is 429 g/mol. The van der Waals surface area contributed by atoms with E-state index in [9.17, 15) is 9.59 Å². The first kappa shape index (κ1) is 20.9. The van der Waals surface area contributed by atoms with Crippen molar-refractivity contribution in [3.8, 4) is 0 Å². The zero-order chi connectivity index (χ0) is 21.8. The molecular weight excluding hydrogens is 404 g/mol. The van der Waals surface area contributed by atoms with Gasteiger partial charge in [-0.15, -0.1) is 0 Å². The van der Waals surface area contributed by atoms with Crippen LogP contribution in [0.4, 0.5) is 5.69 Å². The fourth-order valence-corrected chi connectivity index (χ4v) is 4.39. The van der Waals surface area contributed by atoms with E-state index in [2.05, 4.69) is 5.32 Å². The van der Waals surface area contributed by atoms with Crippen LogP contribution in [0, 0.1) is 13.8 Å². The van der Waals surface area contributed by atoms with E-state index < -0.39 is 0 Å². The number of carbonyl (C=O) groups excluding carboxylic acids is 2. The predicted molar refractivity (Wildman–Crippen MR) is 126 cm³/mol. The number of fused-ring (bicyclic) bond motifs is 1. The zero-order valence-electron chi connectivity index (χ0n) is 17.6. The molecule has 1 N–H and O–H groups in total. The maximum atomic E-state index is 13.3. The van der Waals surface area contributed by atoms with Crippen LogP contribution < -0.4 is 10.2 Å². The van der Waals surface area contributed by atoms with E-state index in [1.807, 2.05) is 86.6 Å². The highest BCUT2D eigenvalue weighted by molar-refractivity contribution is 8.04. The summed E-state index contributed by atoms with van der Waals surface area (Å²) in [5.74, 6) is -0.430. The molecule has 31 heavy (non-hydrogen) atoms. The van der Waals surface area contributed by atoms with Crippen molar-refractivity contribution < 1.29 is 9.59 Å². The smallest absolute Gasteiger partial charge is 0.265 e. The Bertz CT molecular complexity index is 1130. The highest BCUT2D eigenvalue weighted by Crippen LogP contribution is 2.41. The van der Waals surface area contributed by atoms with E-state index in [4.69, 9.17) is 0 Å². The van der Waals surface area contributed by atoms with Gasteiger partial charge in [-0.05, 0) is 37.1 Å². The number of carbonyl (C=O) groups is 2. The molecule has 0 bridgehead atoms. The predicted octanol–water partition coefficient (Wildman–Crippen LogP) is 5.14. The lowest BCUT2D eigenvalue weighted by Crippen LogP contribution is -2.34. The van der Waals surface area contributed by atoms with Gasteiger partial charge < -0.3 is 10.2 Å². The Labute approximate surface area is 187 Å². The number of rotatable bonds is 5. The Morgan fingerprint density at radius 1 is 0.903 bits per heavy atom. The fourth-order valence-electron chi connectivity index (χ4n) is 3.36. The molecule has 4 rings (SSSR count). The molecule has 1 heterocycles. The van der Waals surface area contributed by atoms with Crippen LogP contribution >= 0.6 is 11.8 Å². The van der Waals surface area contributed by atoms with Crippen LogP contribution in [0.25, 0.3) is 0 Å². The van der Waals surface area contributed by atoms with Crippen LogP contribution in [-0.2, 0) is 22.7 Å². The van der Waals surface area contributed by atoms with Crippen molar-refractivity contribution in [3.63, 3.8) is 0 Å². The van der Waals surface area contributed by atoms with Gasteiger partial charge in [0.2, 0.25) is 5.91 Å². The normalized spacial score (nSPS) is 14.5. The second kappa shape index (κ2) is 9.23. The van der Waals surface area contributed by atoms with Gasteiger partial charge in [0.05, 0.1) is 17.1 Å². The molecule has 0 aromatic heterocycles. The molecule has 1 aliphatic heterocycles. The Balaban J connectivity index is 1.54. The molecule has 0 saturated carbocycles. The van der Waals surface area contributed by atoms with Crippen LogP contribution in [0.2, 0.25) is 0 Å². The van der Waals surface area contributed by atoms with Crippen molar-refractivity contribution in [2.24, 2.45) is 0 Å². The van der Waals surface area contributed by atoms with Crippen molar-refractivity contribution in [2.45, 2.75) is 31.8 Å². The molecule has 156 valence electrons. The summed E-state index contributed by atoms with van der Waals surface area (Å²) in [5, 5.41) is 2.88. The summed E-state index contributed by atoms with van der Waals surface area (Å²) in [4.78, 5) is 28.9. The first-order valence-electron chi connectivity index (χ1n) is 10.2. The van der Waals surface area contributed by atoms with Gasteiger partial charge in [-0.3, -0.25) is 9.59 Å². The highest BCUT2D eigenvalue weighted by Gasteiger charge is 2.29. The number of hydrogen-bond acceptors (Lipinski definition) is 3. The average Bonchev–Trinajstić information content (AvgIpc) is 2.77. The van der Waals surface area contributed by atoms with E-state index in [0.717, 1.165) is 21.7 Å². The molecule has 0 saturated heterocycles. The first-order chi connectivity index (χ1) is 15.0. The summed E-state index contributed by atoms with van der Waals surface area (Å²) in [7, 11) is 0. The summed E-state index contributed by atoms with van der Waals surface area (Å²) < 4.78 is 0. The molecule has 0 unspecified atom stereocenters. The quantitative estimate of drug-likeness (QED) is 0.572. The Morgan fingerprint density at radius 2 is 1.52 bits per heavy atom. The van der Waals surface area contributed by atoms with Gasteiger partial charge in [0.15, 0.2) is 0 Å². The number of para-hydroxylation sites is 1. The van der Waals surface area contributed by atoms with Crippen LogP contribution in [0.15, 0.2) is 88.7 Å². The third kappa shape index (κ3) is 5.06. The molecule has 3 aromatic carbocycles. The van der Waals surface area contributed by atoms with Crippen LogP contribution in [-0.4, -0.2) is 11.8 Å². The van der Waals surface area contributed by atoms with Crippen LogP contribution in [0.1, 0.15) is 22.3 Å². The van der Waals surface area contributed by atoms with Gasteiger partial charge in [-0.2, -0.15) is 0 Å².